The molecule has 3 amide bonds. The minimum atomic E-state index is -0.431. The van der Waals surface area contributed by atoms with Gasteiger partial charge in [0, 0.05) is 43.7 Å². The highest BCUT2D eigenvalue weighted by atomic mass is 16.5. The van der Waals surface area contributed by atoms with Crippen molar-refractivity contribution in [2.75, 3.05) is 51.3 Å². The number of amides is 3. The van der Waals surface area contributed by atoms with Crippen LogP contribution in [-0.2, 0) is 27.2 Å². The van der Waals surface area contributed by atoms with Crippen LogP contribution in [0.3, 0.4) is 0 Å². The number of morpholine rings is 1. The van der Waals surface area contributed by atoms with Crippen molar-refractivity contribution in [3.63, 3.8) is 0 Å². The first-order valence-corrected chi connectivity index (χ1v) is 11.7. The minimum absolute atomic E-state index is 0.106. The molecular weight excluding hydrogens is 450 g/mol. The second-order valence-corrected chi connectivity index (χ2v) is 8.64. The van der Waals surface area contributed by atoms with Crippen LogP contribution in [0, 0.1) is 0 Å². The number of anilines is 1. The Morgan fingerprint density at radius 2 is 1.94 bits per heavy atom. The number of ether oxygens (including phenoxy) is 2. The highest BCUT2D eigenvalue weighted by molar-refractivity contribution is 6.53. The van der Waals surface area contributed by atoms with Gasteiger partial charge in [-0.1, -0.05) is 12.1 Å². The van der Waals surface area contributed by atoms with Crippen LogP contribution in [0.1, 0.15) is 27.0 Å². The number of benzene rings is 2. The van der Waals surface area contributed by atoms with E-state index in [0.29, 0.717) is 43.2 Å². The molecular formula is C25H27N5O5. The monoisotopic (exact) mass is 477 g/mol. The van der Waals surface area contributed by atoms with Crippen molar-refractivity contribution in [1.82, 2.24) is 15.6 Å². The van der Waals surface area contributed by atoms with Gasteiger partial charge in [0.25, 0.3) is 11.8 Å². The van der Waals surface area contributed by atoms with Crippen LogP contribution < -0.4 is 20.8 Å². The fourth-order valence-electron chi connectivity index (χ4n) is 4.36. The number of rotatable bonds is 7. The lowest BCUT2D eigenvalue weighted by atomic mass is 10.1. The predicted octanol–water partition coefficient (Wildman–Crippen LogP) is 0.699. The number of fused-ring (bicyclic) bond motifs is 2. The fourth-order valence-corrected chi connectivity index (χ4v) is 4.36. The summed E-state index contributed by atoms with van der Waals surface area (Å²) in [6.07, 6.45) is 0.972. The van der Waals surface area contributed by atoms with Gasteiger partial charge in [0.2, 0.25) is 5.91 Å². The summed E-state index contributed by atoms with van der Waals surface area (Å²) < 4.78 is 10.8. The normalized spacial score (nSPS) is 17.9. The average Bonchev–Trinajstić information content (AvgIpc) is 3.45. The average molecular weight is 478 g/mol. The Hall–Kier alpha value is -3.76. The van der Waals surface area contributed by atoms with Crippen molar-refractivity contribution in [3.8, 4) is 5.75 Å². The Morgan fingerprint density at radius 1 is 1.09 bits per heavy atom. The summed E-state index contributed by atoms with van der Waals surface area (Å²) in [6.45, 7) is 5.09. The molecule has 5 rings (SSSR count). The summed E-state index contributed by atoms with van der Waals surface area (Å²) in [4.78, 5) is 39.6. The lowest BCUT2D eigenvalue weighted by molar-refractivity contribution is -0.120. The summed E-state index contributed by atoms with van der Waals surface area (Å²) in [5.41, 5.74) is 5.99. The number of hydrogen-bond acceptors (Lipinski definition) is 7. The van der Waals surface area contributed by atoms with Crippen LogP contribution in [0.2, 0.25) is 0 Å². The van der Waals surface area contributed by atoms with Gasteiger partial charge in [-0.2, -0.15) is 5.10 Å². The molecule has 3 aliphatic rings. The second kappa shape index (κ2) is 10.2. The third-order valence-electron chi connectivity index (χ3n) is 6.23. The van der Waals surface area contributed by atoms with Gasteiger partial charge >= 0.3 is 0 Å². The number of carbonyl (C=O) groups is 3. The molecule has 3 heterocycles. The quantitative estimate of drug-likeness (QED) is 0.505. The molecule has 3 aliphatic heterocycles. The van der Waals surface area contributed by atoms with Gasteiger partial charge in [-0.25, -0.2) is 5.43 Å². The number of hydrogen-bond donors (Lipinski definition) is 3. The molecule has 10 heteroatoms. The topological polar surface area (TPSA) is 121 Å². The molecule has 10 nitrogen and oxygen atoms in total. The third kappa shape index (κ3) is 5.33. The molecule has 0 atom stereocenters. The minimum Gasteiger partial charge on any atom is -0.493 e. The van der Waals surface area contributed by atoms with E-state index < -0.39 is 5.91 Å². The van der Waals surface area contributed by atoms with E-state index in [1.807, 2.05) is 18.2 Å². The van der Waals surface area contributed by atoms with Gasteiger partial charge in [-0.05, 0) is 35.4 Å². The van der Waals surface area contributed by atoms with Gasteiger partial charge < -0.3 is 20.1 Å². The third-order valence-corrected chi connectivity index (χ3v) is 6.23. The van der Waals surface area contributed by atoms with E-state index in [0.717, 1.165) is 42.9 Å². The zero-order valence-corrected chi connectivity index (χ0v) is 19.3. The van der Waals surface area contributed by atoms with Crippen LogP contribution >= 0.6 is 0 Å². The number of nitrogens with zero attached hydrogens (tertiary/aromatic N) is 2. The molecule has 1 fully saturated rings. The van der Waals surface area contributed by atoms with Crippen LogP contribution in [0.5, 0.6) is 5.75 Å². The van der Waals surface area contributed by atoms with Crippen molar-refractivity contribution in [2.45, 2.75) is 12.8 Å². The summed E-state index contributed by atoms with van der Waals surface area (Å²) in [5.74, 6) is -0.110. The number of hydrazone groups is 1. The van der Waals surface area contributed by atoms with Crippen LogP contribution in [0.4, 0.5) is 5.69 Å². The first-order chi connectivity index (χ1) is 17.1. The van der Waals surface area contributed by atoms with E-state index in [1.54, 1.807) is 18.2 Å². The van der Waals surface area contributed by atoms with Crippen molar-refractivity contribution >= 4 is 29.1 Å². The zero-order chi connectivity index (χ0) is 24.2. The van der Waals surface area contributed by atoms with Gasteiger partial charge in [0.15, 0.2) is 5.71 Å². The van der Waals surface area contributed by atoms with Gasteiger partial charge in [-0.15, -0.1) is 0 Å². The number of nitrogens with one attached hydrogen (secondary N) is 3. The molecule has 0 saturated carbocycles. The first kappa shape index (κ1) is 23.0. The Kier molecular flexibility index (Phi) is 6.73. The molecule has 1 saturated heterocycles. The molecule has 0 bridgehead atoms. The maximum absolute atomic E-state index is 12.5. The first-order valence-electron chi connectivity index (χ1n) is 11.7. The molecule has 3 N–H and O–H groups in total. The highest BCUT2D eigenvalue weighted by Gasteiger charge is 2.27. The molecule has 2 aromatic rings. The zero-order valence-electron chi connectivity index (χ0n) is 19.3. The van der Waals surface area contributed by atoms with Gasteiger partial charge in [0.05, 0.1) is 31.9 Å². The fraction of sp³-hybridized carbons (Fsp3) is 0.360. The van der Waals surface area contributed by atoms with E-state index in [9.17, 15) is 14.4 Å². The summed E-state index contributed by atoms with van der Waals surface area (Å²) in [7, 11) is 0. The molecule has 0 radical (unpaired) electrons. The SMILES string of the molecule is O=C(Cc1ccc2c(c1)CCO2)NN=C1C(=O)Nc2cc(C(=O)NCCN3CCOCC3)ccc21. The molecule has 182 valence electrons. The van der Waals surface area contributed by atoms with Gasteiger partial charge in [-0.3, -0.25) is 19.3 Å². The van der Waals surface area contributed by atoms with Crippen LogP contribution in [-0.4, -0.2) is 74.3 Å². The Balaban J connectivity index is 1.17. The predicted molar refractivity (Wildman–Crippen MR) is 129 cm³/mol. The summed E-state index contributed by atoms with van der Waals surface area (Å²) in [5, 5.41) is 9.68. The smallest absolute Gasteiger partial charge is 0.276 e. The van der Waals surface area contributed by atoms with Crippen LogP contribution in [0.15, 0.2) is 41.5 Å². The molecule has 35 heavy (non-hydrogen) atoms. The Labute approximate surface area is 202 Å². The molecule has 2 aromatic carbocycles. The van der Waals surface area contributed by atoms with Gasteiger partial charge in [0.1, 0.15) is 5.75 Å². The van der Waals surface area contributed by atoms with E-state index in [2.05, 4.69) is 26.1 Å². The lowest BCUT2D eigenvalue weighted by Crippen LogP contribution is -2.41. The second-order valence-electron chi connectivity index (χ2n) is 8.64. The van der Waals surface area contributed by atoms with Crippen molar-refractivity contribution in [1.29, 1.82) is 0 Å². The molecule has 0 aromatic heterocycles. The summed E-state index contributed by atoms with van der Waals surface area (Å²) in [6, 6.07) is 10.6. The molecule has 0 unspecified atom stereocenters. The summed E-state index contributed by atoms with van der Waals surface area (Å²) >= 11 is 0. The maximum Gasteiger partial charge on any atom is 0.276 e. The highest BCUT2D eigenvalue weighted by Crippen LogP contribution is 2.26. The van der Waals surface area contributed by atoms with Crippen molar-refractivity contribution in [2.24, 2.45) is 5.10 Å². The lowest BCUT2D eigenvalue weighted by Gasteiger charge is -2.26. The molecule has 0 spiro atoms. The van der Waals surface area contributed by atoms with E-state index >= 15 is 0 Å². The molecule has 0 aliphatic carbocycles. The number of carbonyl (C=O) groups excluding carboxylic acids is 3. The van der Waals surface area contributed by atoms with Crippen molar-refractivity contribution < 1.29 is 23.9 Å². The van der Waals surface area contributed by atoms with E-state index in [-0.39, 0.29) is 23.9 Å². The van der Waals surface area contributed by atoms with E-state index in [4.69, 9.17) is 9.47 Å². The Bertz CT molecular complexity index is 1190. The van der Waals surface area contributed by atoms with E-state index in [1.165, 1.54) is 0 Å². The largest absolute Gasteiger partial charge is 0.493 e. The van der Waals surface area contributed by atoms with Crippen molar-refractivity contribution in [3.05, 3.63) is 58.7 Å². The Morgan fingerprint density at radius 3 is 2.80 bits per heavy atom. The standard InChI is InChI=1S/C25H27N5O5/c31-22(14-16-1-4-21-17(13-16)5-10-35-21)28-29-23-19-3-2-18(15-20(19)27-25(23)33)24(32)26-6-7-30-8-11-34-12-9-30/h1-4,13,15H,5-12,14H2,(H,26,32)(H,28,31)(H,27,29,33). The van der Waals surface area contributed by atoms with Crippen LogP contribution in [0.25, 0.3) is 0 Å². The maximum atomic E-state index is 12.5.